The zero-order valence-electron chi connectivity index (χ0n) is 13.8. The summed E-state index contributed by atoms with van der Waals surface area (Å²) < 4.78 is 13.2. The number of rotatable bonds is 5. The summed E-state index contributed by atoms with van der Waals surface area (Å²) in [5.74, 6) is -0.583. The fourth-order valence-corrected chi connectivity index (χ4v) is 3.20. The quantitative estimate of drug-likeness (QED) is 0.848. The summed E-state index contributed by atoms with van der Waals surface area (Å²) in [5, 5.41) is 0. The van der Waals surface area contributed by atoms with Gasteiger partial charge in [0.1, 0.15) is 5.82 Å². The number of Topliss-reactive ketones (excluding diaryl/α,β-unsaturated/α-hetero) is 1. The first-order valence-corrected chi connectivity index (χ1v) is 8.21. The van der Waals surface area contributed by atoms with Crippen molar-refractivity contribution in [3.8, 4) is 0 Å². The van der Waals surface area contributed by atoms with Gasteiger partial charge in [0.25, 0.3) is 0 Å². The Bertz CT molecular complexity index is 576. The predicted molar refractivity (Wildman–Crippen MR) is 87.5 cm³/mol. The molecule has 1 saturated heterocycles. The highest BCUT2D eigenvalue weighted by Crippen LogP contribution is 2.24. The van der Waals surface area contributed by atoms with Crippen LogP contribution in [-0.4, -0.2) is 35.7 Å². The number of nitrogens with zero attached hydrogens (tertiary/aromatic N) is 1. The van der Waals surface area contributed by atoms with Crippen molar-refractivity contribution in [2.75, 3.05) is 13.1 Å². The lowest BCUT2D eigenvalue weighted by molar-refractivity contribution is -0.135. The van der Waals surface area contributed by atoms with Gasteiger partial charge in [-0.25, -0.2) is 4.39 Å². The van der Waals surface area contributed by atoms with E-state index in [2.05, 4.69) is 6.92 Å². The molecule has 1 aromatic carbocycles. The fourth-order valence-electron chi connectivity index (χ4n) is 3.20. The number of carbonyl (C=O) groups is 2. The Morgan fingerprint density at radius 3 is 2.83 bits per heavy atom. The van der Waals surface area contributed by atoms with Crippen molar-refractivity contribution in [3.05, 3.63) is 35.6 Å². The Kier molecular flexibility index (Phi) is 5.88. The second-order valence-corrected chi connectivity index (χ2v) is 6.59. The van der Waals surface area contributed by atoms with Crippen molar-refractivity contribution in [2.45, 2.75) is 39.2 Å². The third-order valence-corrected chi connectivity index (χ3v) is 4.61. The minimum absolute atomic E-state index is 0.0374. The number of halogens is 1. The highest BCUT2D eigenvalue weighted by molar-refractivity contribution is 5.99. The van der Waals surface area contributed by atoms with E-state index >= 15 is 0 Å². The molecule has 1 aromatic rings. The van der Waals surface area contributed by atoms with E-state index < -0.39 is 11.7 Å². The van der Waals surface area contributed by atoms with Gasteiger partial charge in [-0.2, -0.15) is 0 Å². The smallest absolute Gasteiger partial charge is 0.223 e. The number of likely N-dealkylation sites (tertiary alicyclic amines) is 1. The van der Waals surface area contributed by atoms with Crippen LogP contribution in [-0.2, 0) is 4.79 Å². The van der Waals surface area contributed by atoms with Crippen LogP contribution in [0.3, 0.4) is 0 Å². The van der Waals surface area contributed by atoms with Crippen LogP contribution in [0.4, 0.5) is 4.39 Å². The molecule has 0 spiro atoms. The van der Waals surface area contributed by atoms with E-state index in [0.717, 1.165) is 12.8 Å². The summed E-state index contributed by atoms with van der Waals surface area (Å²) >= 11 is 0. The van der Waals surface area contributed by atoms with E-state index in [0.29, 0.717) is 24.6 Å². The largest absolute Gasteiger partial charge is 0.338 e. The molecule has 3 unspecified atom stereocenters. The molecule has 0 aromatic heterocycles. The summed E-state index contributed by atoms with van der Waals surface area (Å²) in [4.78, 5) is 26.7. The van der Waals surface area contributed by atoms with Gasteiger partial charge in [-0.1, -0.05) is 26.0 Å². The average Bonchev–Trinajstić information content (AvgIpc) is 2.53. The van der Waals surface area contributed by atoms with Crippen LogP contribution in [0.15, 0.2) is 24.3 Å². The molecule has 1 amide bonds. The lowest BCUT2D eigenvalue weighted by atomic mass is 9.90. The Labute approximate surface area is 136 Å². The number of piperidine rings is 1. The molecule has 3 atom stereocenters. The van der Waals surface area contributed by atoms with Gasteiger partial charge in [-0.15, -0.1) is 0 Å². The van der Waals surface area contributed by atoms with Gasteiger partial charge in [0.15, 0.2) is 5.78 Å². The number of amides is 1. The molecule has 1 aliphatic heterocycles. The lowest BCUT2D eigenvalue weighted by Crippen LogP contribution is -2.49. The third-order valence-electron chi connectivity index (χ3n) is 4.61. The van der Waals surface area contributed by atoms with Crippen LogP contribution in [0.1, 0.15) is 43.5 Å². The highest BCUT2D eigenvalue weighted by atomic mass is 19.1. The Morgan fingerprint density at radius 2 is 2.17 bits per heavy atom. The summed E-state index contributed by atoms with van der Waals surface area (Å²) in [7, 11) is 0. The predicted octanol–water partition coefficient (Wildman–Crippen LogP) is 2.62. The van der Waals surface area contributed by atoms with Crippen LogP contribution < -0.4 is 5.73 Å². The highest BCUT2D eigenvalue weighted by Gasteiger charge is 2.30. The monoisotopic (exact) mass is 320 g/mol. The number of benzene rings is 1. The number of hydrogen-bond donors (Lipinski definition) is 1. The molecule has 4 nitrogen and oxygen atoms in total. The summed E-state index contributed by atoms with van der Waals surface area (Å²) in [6.07, 6.45) is 2.02. The van der Waals surface area contributed by atoms with Crippen LogP contribution in [0.5, 0.6) is 0 Å². The van der Waals surface area contributed by atoms with E-state index in [1.807, 2.05) is 4.90 Å². The van der Waals surface area contributed by atoms with E-state index in [4.69, 9.17) is 5.73 Å². The van der Waals surface area contributed by atoms with Crippen LogP contribution in [0.2, 0.25) is 0 Å². The van der Waals surface area contributed by atoms with Crippen molar-refractivity contribution in [1.82, 2.24) is 4.90 Å². The van der Waals surface area contributed by atoms with Gasteiger partial charge < -0.3 is 10.6 Å². The molecule has 0 saturated carbocycles. The average molecular weight is 320 g/mol. The normalized spacial score (nSPS) is 22.7. The van der Waals surface area contributed by atoms with E-state index in [1.54, 1.807) is 13.0 Å². The molecule has 0 aliphatic carbocycles. The van der Waals surface area contributed by atoms with Crippen LogP contribution in [0.25, 0.3) is 0 Å². The summed E-state index contributed by atoms with van der Waals surface area (Å²) in [6, 6.07) is 5.66. The van der Waals surface area contributed by atoms with Gasteiger partial charge >= 0.3 is 0 Å². The van der Waals surface area contributed by atoms with E-state index in [-0.39, 0.29) is 24.2 Å². The van der Waals surface area contributed by atoms with Crippen molar-refractivity contribution >= 4 is 11.7 Å². The molecule has 1 aliphatic rings. The van der Waals surface area contributed by atoms with Crippen LogP contribution in [0, 0.1) is 17.7 Å². The number of hydrogen-bond acceptors (Lipinski definition) is 3. The lowest BCUT2D eigenvalue weighted by Gasteiger charge is -2.38. The maximum Gasteiger partial charge on any atom is 0.223 e. The molecular weight excluding hydrogens is 295 g/mol. The van der Waals surface area contributed by atoms with Gasteiger partial charge in [-0.05, 0) is 30.9 Å². The Hall–Kier alpha value is -1.75. The Balaban J connectivity index is 2.00. The number of ketones is 1. The van der Waals surface area contributed by atoms with Crippen molar-refractivity contribution in [3.63, 3.8) is 0 Å². The molecule has 2 N–H and O–H groups in total. The van der Waals surface area contributed by atoms with E-state index in [9.17, 15) is 14.0 Å². The minimum atomic E-state index is -0.470. The molecule has 0 bridgehead atoms. The molecule has 2 rings (SSSR count). The van der Waals surface area contributed by atoms with Crippen molar-refractivity contribution in [1.29, 1.82) is 0 Å². The van der Waals surface area contributed by atoms with Gasteiger partial charge in [0.2, 0.25) is 5.91 Å². The Morgan fingerprint density at radius 1 is 1.43 bits per heavy atom. The number of nitrogens with two attached hydrogens (primary N) is 1. The maximum absolute atomic E-state index is 13.2. The second kappa shape index (κ2) is 7.68. The first kappa shape index (κ1) is 17.6. The topological polar surface area (TPSA) is 63.4 Å². The molecule has 23 heavy (non-hydrogen) atoms. The minimum Gasteiger partial charge on any atom is -0.338 e. The molecule has 1 heterocycles. The van der Waals surface area contributed by atoms with Gasteiger partial charge in [0.05, 0.1) is 0 Å². The van der Waals surface area contributed by atoms with Gasteiger partial charge in [-0.3, -0.25) is 9.59 Å². The standard InChI is InChI=1S/C18H25FN2O2/c1-12-6-7-21(16(8-12)11-20)17(22)9-13(2)18(23)14-4-3-5-15(19)10-14/h3-5,10,12-13,16H,6-9,11,20H2,1-2H3. The van der Waals surface area contributed by atoms with Crippen molar-refractivity contribution < 1.29 is 14.0 Å². The van der Waals surface area contributed by atoms with Gasteiger partial charge in [0, 0.05) is 37.0 Å². The molecular formula is C18H25FN2O2. The molecule has 5 heteroatoms. The zero-order valence-corrected chi connectivity index (χ0v) is 13.8. The first-order chi connectivity index (χ1) is 10.9. The molecule has 126 valence electrons. The third kappa shape index (κ3) is 4.38. The maximum atomic E-state index is 13.2. The second-order valence-electron chi connectivity index (χ2n) is 6.59. The fraction of sp³-hybridized carbons (Fsp3) is 0.556. The number of carbonyl (C=O) groups excluding carboxylic acids is 2. The summed E-state index contributed by atoms with van der Waals surface area (Å²) in [6.45, 7) is 5.03. The SMILES string of the molecule is CC1CCN(C(=O)CC(C)C(=O)c2cccc(F)c2)C(CN)C1. The first-order valence-electron chi connectivity index (χ1n) is 8.21. The van der Waals surface area contributed by atoms with Crippen LogP contribution >= 0.6 is 0 Å². The molecule has 1 fully saturated rings. The van der Waals surface area contributed by atoms with Crippen molar-refractivity contribution in [2.24, 2.45) is 17.6 Å². The molecule has 0 radical (unpaired) electrons. The summed E-state index contributed by atoms with van der Waals surface area (Å²) in [5.41, 5.74) is 6.10. The van der Waals surface area contributed by atoms with E-state index in [1.165, 1.54) is 18.2 Å². The zero-order chi connectivity index (χ0) is 17.0.